The first-order valence-corrected chi connectivity index (χ1v) is 4.02. The monoisotopic (exact) mass is 225 g/mol. The summed E-state index contributed by atoms with van der Waals surface area (Å²) in [6, 6.07) is 1.18. The molecule has 0 radical (unpaired) electrons. The van der Waals surface area contributed by atoms with Crippen molar-refractivity contribution in [3.05, 3.63) is 22.3 Å². The molecule has 0 aliphatic rings. The van der Waals surface area contributed by atoms with Crippen LogP contribution in [0.2, 0.25) is 5.02 Å². The summed E-state index contributed by atoms with van der Waals surface area (Å²) in [5, 5.41) is -0.421. The third-order valence-corrected chi connectivity index (χ3v) is 1.87. The van der Waals surface area contributed by atoms with Crippen LogP contribution in [0.3, 0.4) is 0 Å². The highest BCUT2D eigenvalue weighted by atomic mass is 35.5. The molecule has 0 aromatic carbocycles. The number of methoxy groups -OCH3 is 1. The van der Waals surface area contributed by atoms with Crippen molar-refractivity contribution in [1.82, 2.24) is 4.98 Å². The topological polar surface area (TPSA) is 22.1 Å². The van der Waals surface area contributed by atoms with Gasteiger partial charge in [-0.05, 0) is 13.0 Å². The Balaban J connectivity index is 3.32. The van der Waals surface area contributed by atoms with E-state index < -0.39 is 16.9 Å². The molecule has 1 heterocycles. The second kappa shape index (κ2) is 3.65. The van der Waals surface area contributed by atoms with Crippen LogP contribution in [0.15, 0.2) is 6.07 Å². The molecule has 0 saturated carbocycles. The van der Waals surface area contributed by atoms with Crippen LogP contribution in [-0.2, 0) is 6.18 Å². The molecule has 0 aliphatic heterocycles. The van der Waals surface area contributed by atoms with Crippen LogP contribution < -0.4 is 4.74 Å². The zero-order valence-electron chi connectivity index (χ0n) is 7.44. The maximum absolute atomic E-state index is 12.3. The quantitative estimate of drug-likeness (QED) is 0.733. The van der Waals surface area contributed by atoms with E-state index in [1.54, 1.807) is 6.92 Å². The molecule has 14 heavy (non-hydrogen) atoms. The van der Waals surface area contributed by atoms with Gasteiger partial charge in [0.05, 0.1) is 12.1 Å². The van der Waals surface area contributed by atoms with Gasteiger partial charge in [0.1, 0.15) is 0 Å². The SMILES string of the molecule is COc1nc(C(F)(F)F)c(Cl)cc1C. The van der Waals surface area contributed by atoms with Crippen molar-refractivity contribution in [2.45, 2.75) is 13.1 Å². The van der Waals surface area contributed by atoms with Gasteiger partial charge in [0.2, 0.25) is 5.88 Å². The molecule has 78 valence electrons. The lowest BCUT2D eigenvalue weighted by Gasteiger charge is -2.10. The maximum Gasteiger partial charge on any atom is 0.434 e. The number of hydrogen-bond acceptors (Lipinski definition) is 2. The molecular weight excluding hydrogens is 219 g/mol. The molecular formula is C8H7ClF3NO. The van der Waals surface area contributed by atoms with Gasteiger partial charge in [-0.3, -0.25) is 0 Å². The summed E-state index contributed by atoms with van der Waals surface area (Å²) in [6.45, 7) is 1.57. The maximum atomic E-state index is 12.3. The Bertz CT molecular complexity index is 351. The predicted octanol–water partition coefficient (Wildman–Crippen LogP) is 3.07. The van der Waals surface area contributed by atoms with Gasteiger partial charge in [-0.25, -0.2) is 4.98 Å². The van der Waals surface area contributed by atoms with Gasteiger partial charge in [0, 0.05) is 5.56 Å². The van der Waals surface area contributed by atoms with Crippen molar-refractivity contribution in [3.8, 4) is 5.88 Å². The predicted molar refractivity (Wildman–Crippen MR) is 45.5 cm³/mol. The number of nitrogens with zero attached hydrogens (tertiary/aromatic N) is 1. The highest BCUT2D eigenvalue weighted by Crippen LogP contribution is 2.35. The van der Waals surface area contributed by atoms with Crippen molar-refractivity contribution in [2.75, 3.05) is 7.11 Å². The molecule has 6 heteroatoms. The van der Waals surface area contributed by atoms with Gasteiger partial charge in [-0.15, -0.1) is 0 Å². The summed E-state index contributed by atoms with van der Waals surface area (Å²) >= 11 is 5.41. The van der Waals surface area contributed by atoms with E-state index in [-0.39, 0.29) is 5.88 Å². The number of hydrogen-bond donors (Lipinski definition) is 0. The van der Waals surface area contributed by atoms with Gasteiger partial charge in [0.15, 0.2) is 5.69 Å². The fraction of sp³-hybridized carbons (Fsp3) is 0.375. The van der Waals surface area contributed by atoms with Crippen LogP contribution >= 0.6 is 11.6 Å². The Morgan fingerprint density at radius 1 is 1.43 bits per heavy atom. The number of pyridine rings is 1. The molecule has 0 bridgehead atoms. The summed E-state index contributed by atoms with van der Waals surface area (Å²) in [7, 11) is 1.25. The van der Waals surface area contributed by atoms with E-state index in [2.05, 4.69) is 9.72 Å². The Hall–Kier alpha value is -0.970. The highest BCUT2D eigenvalue weighted by Gasteiger charge is 2.36. The summed E-state index contributed by atoms with van der Waals surface area (Å²) in [5.74, 6) is -0.0678. The van der Waals surface area contributed by atoms with E-state index >= 15 is 0 Å². The third-order valence-electron chi connectivity index (χ3n) is 1.58. The summed E-state index contributed by atoms with van der Waals surface area (Å²) in [6.07, 6.45) is -4.56. The average molecular weight is 226 g/mol. The first kappa shape index (κ1) is 11.1. The number of aromatic nitrogens is 1. The lowest BCUT2D eigenvalue weighted by molar-refractivity contribution is -0.141. The van der Waals surface area contributed by atoms with Gasteiger partial charge < -0.3 is 4.74 Å². The molecule has 1 aromatic rings. The van der Waals surface area contributed by atoms with E-state index in [9.17, 15) is 13.2 Å². The van der Waals surface area contributed by atoms with Crippen LogP contribution in [0, 0.1) is 6.92 Å². The van der Waals surface area contributed by atoms with Crippen LogP contribution in [0.1, 0.15) is 11.3 Å². The van der Waals surface area contributed by atoms with Crippen LogP contribution in [0.4, 0.5) is 13.2 Å². The highest BCUT2D eigenvalue weighted by molar-refractivity contribution is 6.31. The molecule has 2 nitrogen and oxygen atoms in total. The second-order valence-corrected chi connectivity index (χ2v) is 3.05. The summed E-state index contributed by atoms with van der Waals surface area (Å²) in [4.78, 5) is 3.28. The lowest BCUT2D eigenvalue weighted by atomic mass is 10.2. The number of halogens is 4. The van der Waals surface area contributed by atoms with E-state index in [1.165, 1.54) is 13.2 Å². The Kier molecular flexibility index (Phi) is 2.89. The molecule has 1 rings (SSSR count). The van der Waals surface area contributed by atoms with Crippen molar-refractivity contribution in [2.24, 2.45) is 0 Å². The molecule has 0 atom stereocenters. The standard InChI is InChI=1S/C8H7ClF3NO/c1-4-3-5(9)6(8(10,11)12)13-7(4)14-2/h3H,1-2H3. The summed E-state index contributed by atoms with van der Waals surface area (Å²) in [5.41, 5.74) is -0.660. The largest absolute Gasteiger partial charge is 0.481 e. The van der Waals surface area contributed by atoms with E-state index in [0.29, 0.717) is 5.56 Å². The molecule has 0 N–H and O–H groups in total. The first-order chi connectivity index (χ1) is 6.36. The second-order valence-electron chi connectivity index (χ2n) is 2.64. The van der Waals surface area contributed by atoms with Crippen molar-refractivity contribution < 1.29 is 17.9 Å². The Labute approximate surface area is 83.7 Å². The number of rotatable bonds is 1. The number of alkyl halides is 3. The van der Waals surface area contributed by atoms with Crippen molar-refractivity contribution in [1.29, 1.82) is 0 Å². The van der Waals surface area contributed by atoms with E-state index in [4.69, 9.17) is 11.6 Å². The van der Waals surface area contributed by atoms with Gasteiger partial charge in [0.25, 0.3) is 0 Å². The molecule has 0 spiro atoms. The molecule has 0 saturated heterocycles. The number of aryl methyl sites for hydroxylation is 1. The molecule has 0 fully saturated rings. The smallest absolute Gasteiger partial charge is 0.434 e. The zero-order chi connectivity index (χ0) is 10.9. The minimum atomic E-state index is -4.56. The molecule has 0 amide bonds. The minimum absolute atomic E-state index is 0.0678. The normalized spacial score (nSPS) is 11.6. The molecule has 0 unspecified atom stereocenters. The van der Waals surface area contributed by atoms with Gasteiger partial charge >= 0.3 is 6.18 Å². The van der Waals surface area contributed by atoms with Crippen LogP contribution in [0.25, 0.3) is 0 Å². The van der Waals surface area contributed by atoms with E-state index in [0.717, 1.165) is 0 Å². The Morgan fingerprint density at radius 2 is 2.00 bits per heavy atom. The average Bonchev–Trinajstić information content (AvgIpc) is 2.02. The Morgan fingerprint density at radius 3 is 2.43 bits per heavy atom. The van der Waals surface area contributed by atoms with Crippen LogP contribution in [-0.4, -0.2) is 12.1 Å². The fourth-order valence-corrected chi connectivity index (χ4v) is 1.28. The third kappa shape index (κ3) is 2.09. The van der Waals surface area contributed by atoms with Gasteiger partial charge in [-0.2, -0.15) is 13.2 Å². The van der Waals surface area contributed by atoms with Gasteiger partial charge in [-0.1, -0.05) is 11.6 Å². The first-order valence-electron chi connectivity index (χ1n) is 3.64. The number of ether oxygens (including phenoxy) is 1. The lowest BCUT2D eigenvalue weighted by Crippen LogP contribution is -2.10. The zero-order valence-corrected chi connectivity index (χ0v) is 8.20. The molecule has 1 aromatic heterocycles. The van der Waals surface area contributed by atoms with Crippen LogP contribution in [0.5, 0.6) is 5.88 Å². The minimum Gasteiger partial charge on any atom is -0.481 e. The van der Waals surface area contributed by atoms with E-state index in [1.807, 2.05) is 0 Å². The molecule has 0 aliphatic carbocycles. The van der Waals surface area contributed by atoms with Crippen molar-refractivity contribution >= 4 is 11.6 Å². The fourth-order valence-electron chi connectivity index (χ4n) is 0.969. The summed E-state index contributed by atoms with van der Waals surface area (Å²) < 4.78 is 41.5. The van der Waals surface area contributed by atoms with Crippen molar-refractivity contribution in [3.63, 3.8) is 0 Å².